The molecule has 2 N–H and O–H groups in total. The first kappa shape index (κ1) is 12.2. The van der Waals surface area contributed by atoms with Crippen molar-refractivity contribution in [2.45, 2.75) is 44.1 Å². The lowest BCUT2D eigenvalue weighted by Crippen LogP contribution is -2.47. The molecule has 2 aliphatic rings. The number of benzene rings is 1. The normalized spacial score (nSPS) is 28.9. The third-order valence-corrected chi connectivity index (χ3v) is 4.59. The van der Waals surface area contributed by atoms with Crippen LogP contribution in [0.3, 0.4) is 0 Å². The fraction of sp³-hybridized carbons (Fsp3) is 0.625. The Morgan fingerprint density at radius 3 is 2.67 bits per heavy atom. The van der Waals surface area contributed by atoms with Crippen LogP contribution in [0, 0.1) is 5.92 Å². The van der Waals surface area contributed by atoms with Crippen LogP contribution in [0.25, 0.3) is 0 Å². The molecule has 0 saturated carbocycles. The molecule has 1 aromatic carbocycles. The minimum absolute atomic E-state index is 0.0242. The van der Waals surface area contributed by atoms with Gasteiger partial charge in [0.1, 0.15) is 0 Å². The molecule has 1 saturated heterocycles. The Morgan fingerprint density at radius 1 is 1.17 bits per heavy atom. The van der Waals surface area contributed by atoms with Gasteiger partial charge in [-0.05, 0) is 55.6 Å². The average molecular weight is 245 g/mol. The minimum atomic E-state index is 0.0242. The van der Waals surface area contributed by atoms with Crippen molar-refractivity contribution in [2.75, 3.05) is 13.2 Å². The molecule has 98 valence electrons. The first-order valence-corrected chi connectivity index (χ1v) is 7.19. The molecular formula is C16H23NO. The predicted molar refractivity (Wildman–Crippen MR) is 73.5 cm³/mol. The van der Waals surface area contributed by atoms with E-state index in [1.165, 1.54) is 30.4 Å². The molecule has 1 atom stereocenters. The molecule has 1 aliphatic heterocycles. The topological polar surface area (TPSA) is 35.2 Å². The van der Waals surface area contributed by atoms with Gasteiger partial charge in [0.2, 0.25) is 0 Å². The monoisotopic (exact) mass is 245 g/mol. The van der Waals surface area contributed by atoms with E-state index in [9.17, 15) is 0 Å². The van der Waals surface area contributed by atoms with Gasteiger partial charge in [-0.25, -0.2) is 0 Å². The molecule has 0 spiro atoms. The molecule has 0 amide bonds. The summed E-state index contributed by atoms with van der Waals surface area (Å²) in [7, 11) is 0. The molecule has 1 aliphatic carbocycles. The van der Waals surface area contributed by atoms with Crippen molar-refractivity contribution in [3.8, 4) is 0 Å². The van der Waals surface area contributed by atoms with Crippen LogP contribution in [-0.2, 0) is 17.6 Å². The van der Waals surface area contributed by atoms with Gasteiger partial charge in [0.15, 0.2) is 0 Å². The quantitative estimate of drug-likeness (QED) is 0.869. The van der Waals surface area contributed by atoms with Gasteiger partial charge in [-0.15, -0.1) is 0 Å². The van der Waals surface area contributed by atoms with E-state index in [4.69, 9.17) is 10.5 Å². The van der Waals surface area contributed by atoms with Crippen molar-refractivity contribution in [1.29, 1.82) is 0 Å². The molecule has 2 nitrogen and oxygen atoms in total. The fourth-order valence-corrected chi connectivity index (χ4v) is 3.52. The number of nitrogens with two attached hydrogens (primary N) is 1. The van der Waals surface area contributed by atoms with Crippen molar-refractivity contribution in [2.24, 2.45) is 11.7 Å². The van der Waals surface area contributed by atoms with Gasteiger partial charge in [-0.1, -0.05) is 24.3 Å². The highest BCUT2D eigenvalue weighted by molar-refractivity contribution is 5.32. The van der Waals surface area contributed by atoms with Gasteiger partial charge in [0, 0.05) is 18.8 Å². The largest absolute Gasteiger partial charge is 0.381 e. The van der Waals surface area contributed by atoms with Crippen LogP contribution in [0.2, 0.25) is 0 Å². The molecule has 1 aromatic rings. The second-order valence-corrected chi connectivity index (χ2v) is 6.07. The van der Waals surface area contributed by atoms with Gasteiger partial charge >= 0.3 is 0 Å². The molecule has 3 rings (SSSR count). The Kier molecular flexibility index (Phi) is 3.40. The second-order valence-electron chi connectivity index (χ2n) is 6.07. The third-order valence-electron chi connectivity index (χ3n) is 4.59. The standard InChI is InChI=1S/C16H23NO/c17-16(11-13-6-9-18-10-7-13)8-5-14-3-1-2-4-15(14)12-16/h1-4,13H,5-12,17H2. The van der Waals surface area contributed by atoms with Gasteiger partial charge in [0.05, 0.1) is 0 Å². The maximum atomic E-state index is 6.66. The van der Waals surface area contributed by atoms with Crippen molar-refractivity contribution in [1.82, 2.24) is 0 Å². The number of hydrogen-bond donors (Lipinski definition) is 1. The highest BCUT2D eigenvalue weighted by Crippen LogP contribution is 2.34. The Bertz CT molecular complexity index is 411. The van der Waals surface area contributed by atoms with Crippen LogP contribution in [-0.4, -0.2) is 18.8 Å². The van der Waals surface area contributed by atoms with E-state index in [0.717, 1.165) is 38.4 Å². The van der Waals surface area contributed by atoms with Crippen LogP contribution in [0.5, 0.6) is 0 Å². The average Bonchev–Trinajstić information content (AvgIpc) is 2.39. The molecule has 1 fully saturated rings. The number of rotatable bonds is 2. The Hall–Kier alpha value is -0.860. The minimum Gasteiger partial charge on any atom is -0.381 e. The highest BCUT2D eigenvalue weighted by atomic mass is 16.5. The summed E-state index contributed by atoms with van der Waals surface area (Å²) in [5, 5.41) is 0. The van der Waals surface area contributed by atoms with Gasteiger partial charge in [0.25, 0.3) is 0 Å². The summed E-state index contributed by atoms with van der Waals surface area (Å²) in [5.41, 5.74) is 9.66. The van der Waals surface area contributed by atoms with Gasteiger partial charge < -0.3 is 10.5 Å². The summed E-state index contributed by atoms with van der Waals surface area (Å²) in [4.78, 5) is 0. The smallest absolute Gasteiger partial charge is 0.0468 e. The lowest BCUT2D eigenvalue weighted by atomic mass is 9.73. The van der Waals surface area contributed by atoms with Gasteiger partial charge in [-0.2, -0.15) is 0 Å². The maximum absolute atomic E-state index is 6.66. The Balaban J connectivity index is 1.69. The van der Waals surface area contributed by atoms with Crippen LogP contribution in [0.15, 0.2) is 24.3 Å². The Labute approximate surface area is 110 Å². The van der Waals surface area contributed by atoms with E-state index >= 15 is 0 Å². The van der Waals surface area contributed by atoms with E-state index in [1.54, 1.807) is 0 Å². The van der Waals surface area contributed by atoms with Gasteiger partial charge in [-0.3, -0.25) is 0 Å². The SMILES string of the molecule is NC1(CC2CCOCC2)CCc2ccccc2C1. The van der Waals surface area contributed by atoms with Crippen LogP contribution < -0.4 is 5.73 Å². The summed E-state index contributed by atoms with van der Waals surface area (Å²) in [6, 6.07) is 8.78. The summed E-state index contributed by atoms with van der Waals surface area (Å²) < 4.78 is 5.44. The number of fused-ring (bicyclic) bond motifs is 1. The first-order chi connectivity index (χ1) is 8.75. The molecule has 0 aromatic heterocycles. The molecule has 0 radical (unpaired) electrons. The van der Waals surface area contributed by atoms with Crippen molar-refractivity contribution in [3.05, 3.63) is 35.4 Å². The zero-order valence-electron chi connectivity index (χ0n) is 11.0. The zero-order chi connectivity index (χ0) is 12.4. The Morgan fingerprint density at radius 2 is 1.89 bits per heavy atom. The first-order valence-electron chi connectivity index (χ1n) is 7.19. The van der Waals surface area contributed by atoms with Crippen molar-refractivity contribution >= 4 is 0 Å². The highest BCUT2D eigenvalue weighted by Gasteiger charge is 2.33. The predicted octanol–water partition coefficient (Wildman–Crippen LogP) is 2.69. The summed E-state index contributed by atoms with van der Waals surface area (Å²) in [6.07, 6.45) is 6.91. The third kappa shape index (κ3) is 2.60. The molecule has 18 heavy (non-hydrogen) atoms. The number of ether oxygens (including phenoxy) is 1. The fourth-order valence-electron chi connectivity index (χ4n) is 3.52. The summed E-state index contributed by atoms with van der Waals surface area (Å²) >= 11 is 0. The molecule has 1 unspecified atom stereocenters. The van der Waals surface area contributed by atoms with E-state index in [-0.39, 0.29) is 5.54 Å². The molecule has 1 heterocycles. The van der Waals surface area contributed by atoms with Crippen LogP contribution in [0.4, 0.5) is 0 Å². The van der Waals surface area contributed by atoms with Crippen molar-refractivity contribution in [3.63, 3.8) is 0 Å². The molecule has 2 heteroatoms. The lowest BCUT2D eigenvalue weighted by Gasteiger charge is -2.38. The second kappa shape index (κ2) is 5.02. The van der Waals surface area contributed by atoms with E-state index in [0.29, 0.717) is 0 Å². The molecular weight excluding hydrogens is 222 g/mol. The summed E-state index contributed by atoms with van der Waals surface area (Å²) in [6.45, 7) is 1.86. The number of hydrogen-bond acceptors (Lipinski definition) is 2. The van der Waals surface area contributed by atoms with Crippen LogP contribution in [0.1, 0.15) is 36.8 Å². The maximum Gasteiger partial charge on any atom is 0.0468 e. The van der Waals surface area contributed by atoms with E-state index in [1.807, 2.05) is 0 Å². The molecule has 0 bridgehead atoms. The van der Waals surface area contributed by atoms with E-state index < -0.39 is 0 Å². The zero-order valence-corrected chi connectivity index (χ0v) is 11.0. The van der Waals surface area contributed by atoms with Crippen molar-refractivity contribution < 1.29 is 4.74 Å². The number of aryl methyl sites for hydroxylation is 1. The summed E-state index contributed by atoms with van der Waals surface area (Å²) in [5.74, 6) is 0.772. The van der Waals surface area contributed by atoms with Crippen LogP contribution >= 0.6 is 0 Å². The lowest BCUT2D eigenvalue weighted by molar-refractivity contribution is 0.0549. The van der Waals surface area contributed by atoms with E-state index in [2.05, 4.69) is 24.3 Å².